The second-order valence-electron chi connectivity index (χ2n) is 8.27. The zero-order valence-electron chi connectivity index (χ0n) is 18.5. The summed E-state index contributed by atoms with van der Waals surface area (Å²) < 4.78 is 11.7. The number of fused-ring (bicyclic) bond motifs is 1. The van der Waals surface area contributed by atoms with Gasteiger partial charge in [0.25, 0.3) is 5.91 Å². The molecule has 1 fully saturated rings. The minimum atomic E-state index is 0.0252. The molecule has 3 aromatic rings. The molecule has 2 atom stereocenters. The Balaban J connectivity index is 1.72. The largest absolute Gasteiger partial charge is 0.494 e. The van der Waals surface area contributed by atoms with Crippen LogP contribution in [0, 0.1) is 0 Å². The molecule has 0 bridgehead atoms. The Labute approximate surface area is 184 Å². The van der Waals surface area contributed by atoms with Crippen LogP contribution in [0.4, 0.5) is 0 Å². The minimum Gasteiger partial charge on any atom is -0.494 e. The lowest BCUT2D eigenvalue weighted by Crippen LogP contribution is -2.48. The van der Waals surface area contributed by atoms with Crippen LogP contribution in [0.25, 0.3) is 22.2 Å². The lowest BCUT2D eigenvalue weighted by atomic mass is 10.0. The smallest absolute Gasteiger partial charge is 0.254 e. The van der Waals surface area contributed by atoms with Gasteiger partial charge in [-0.05, 0) is 44.5 Å². The molecule has 1 amide bonds. The maximum Gasteiger partial charge on any atom is 0.254 e. The van der Waals surface area contributed by atoms with Crippen molar-refractivity contribution in [2.45, 2.75) is 45.8 Å². The van der Waals surface area contributed by atoms with Crippen molar-refractivity contribution in [1.29, 1.82) is 0 Å². The minimum absolute atomic E-state index is 0.0252. The molecular weight excluding hydrogens is 388 g/mol. The molecule has 2 heterocycles. The van der Waals surface area contributed by atoms with Gasteiger partial charge in [0.05, 0.1) is 35.6 Å². The summed E-state index contributed by atoms with van der Waals surface area (Å²) in [6, 6.07) is 17.7. The number of hydrogen-bond acceptors (Lipinski definition) is 4. The molecule has 5 nitrogen and oxygen atoms in total. The van der Waals surface area contributed by atoms with Crippen LogP contribution in [0.5, 0.6) is 5.75 Å². The van der Waals surface area contributed by atoms with Crippen molar-refractivity contribution in [3.8, 4) is 17.0 Å². The van der Waals surface area contributed by atoms with E-state index in [1.165, 1.54) is 0 Å². The molecule has 0 unspecified atom stereocenters. The van der Waals surface area contributed by atoms with E-state index in [-0.39, 0.29) is 18.1 Å². The van der Waals surface area contributed by atoms with Crippen LogP contribution in [0.3, 0.4) is 0 Å². The van der Waals surface area contributed by atoms with Gasteiger partial charge in [-0.1, -0.05) is 43.7 Å². The van der Waals surface area contributed by atoms with Gasteiger partial charge in [-0.25, -0.2) is 4.98 Å². The van der Waals surface area contributed by atoms with Gasteiger partial charge in [-0.3, -0.25) is 4.79 Å². The molecule has 0 spiro atoms. The van der Waals surface area contributed by atoms with Crippen molar-refractivity contribution in [3.63, 3.8) is 0 Å². The summed E-state index contributed by atoms with van der Waals surface area (Å²) in [5, 5.41) is 0.874. The number of carbonyl (C=O) groups excluding carboxylic acids is 1. The number of hydrogen-bond donors (Lipinski definition) is 0. The van der Waals surface area contributed by atoms with Crippen molar-refractivity contribution in [2.24, 2.45) is 0 Å². The van der Waals surface area contributed by atoms with E-state index >= 15 is 0 Å². The predicted octanol–water partition coefficient (Wildman–Crippen LogP) is 5.33. The first kappa shape index (κ1) is 21.3. The molecule has 0 aliphatic carbocycles. The van der Waals surface area contributed by atoms with Crippen molar-refractivity contribution in [2.75, 3.05) is 19.7 Å². The predicted molar refractivity (Wildman–Crippen MR) is 123 cm³/mol. The normalized spacial score (nSPS) is 18.9. The van der Waals surface area contributed by atoms with Crippen molar-refractivity contribution in [1.82, 2.24) is 9.88 Å². The highest BCUT2D eigenvalue weighted by Gasteiger charge is 2.28. The van der Waals surface area contributed by atoms with E-state index in [9.17, 15) is 4.79 Å². The van der Waals surface area contributed by atoms with E-state index in [1.807, 2.05) is 73.3 Å². The number of morpholine rings is 1. The average molecular weight is 419 g/mol. The number of benzene rings is 2. The summed E-state index contributed by atoms with van der Waals surface area (Å²) in [7, 11) is 0. The summed E-state index contributed by atoms with van der Waals surface area (Å²) >= 11 is 0. The fourth-order valence-corrected chi connectivity index (χ4v) is 4.09. The average Bonchev–Trinajstić information content (AvgIpc) is 2.77. The van der Waals surface area contributed by atoms with E-state index in [0.717, 1.165) is 40.8 Å². The third kappa shape index (κ3) is 4.88. The molecule has 2 aromatic carbocycles. The van der Waals surface area contributed by atoms with E-state index in [0.29, 0.717) is 25.3 Å². The third-order valence-electron chi connectivity index (χ3n) is 5.55. The monoisotopic (exact) mass is 418 g/mol. The first-order chi connectivity index (χ1) is 15.0. The summed E-state index contributed by atoms with van der Waals surface area (Å²) in [5.74, 6) is 0.849. The van der Waals surface area contributed by atoms with Crippen molar-refractivity contribution >= 4 is 16.8 Å². The molecule has 1 aromatic heterocycles. The fraction of sp³-hybridized carbons (Fsp3) is 0.385. The highest BCUT2D eigenvalue weighted by atomic mass is 16.5. The molecule has 31 heavy (non-hydrogen) atoms. The Morgan fingerprint density at radius 3 is 2.65 bits per heavy atom. The van der Waals surface area contributed by atoms with Crippen molar-refractivity contribution < 1.29 is 14.3 Å². The molecule has 162 valence electrons. The Bertz CT molecular complexity index is 1060. The highest BCUT2D eigenvalue weighted by Crippen LogP contribution is 2.28. The molecule has 1 aliphatic heterocycles. The Hall–Kier alpha value is -2.92. The van der Waals surface area contributed by atoms with E-state index in [2.05, 4.69) is 6.92 Å². The standard InChI is InChI=1S/C26H30N2O3/c1-4-5-13-30-21-10-8-9-20(14-21)25-15-23(22-11-6-7-12-24(22)27-25)26(29)28-16-18(2)31-19(3)17-28/h6-12,14-15,18-19H,4-5,13,16-17H2,1-3H3/t18-,19-/m1/s1. The number of ether oxygens (including phenoxy) is 2. The number of unbranched alkanes of at least 4 members (excludes halogenated alkanes) is 1. The van der Waals surface area contributed by atoms with Crippen LogP contribution in [0.1, 0.15) is 44.0 Å². The first-order valence-electron chi connectivity index (χ1n) is 11.1. The molecule has 0 saturated carbocycles. The third-order valence-corrected chi connectivity index (χ3v) is 5.55. The number of amides is 1. The van der Waals surface area contributed by atoms with E-state index in [1.54, 1.807) is 0 Å². The van der Waals surface area contributed by atoms with E-state index in [4.69, 9.17) is 14.5 Å². The second-order valence-corrected chi connectivity index (χ2v) is 8.27. The highest BCUT2D eigenvalue weighted by molar-refractivity contribution is 6.07. The SMILES string of the molecule is CCCCOc1cccc(-c2cc(C(=O)N3C[C@@H](C)O[C@H](C)C3)c3ccccc3n2)c1. The molecule has 5 heteroatoms. The van der Waals surface area contributed by atoms with Crippen LogP contribution in [-0.2, 0) is 4.74 Å². The number of pyridine rings is 1. The second kappa shape index (κ2) is 9.48. The van der Waals surface area contributed by atoms with Crippen LogP contribution in [-0.4, -0.2) is 47.7 Å². The van der Waals surface area contributed by atoms with Gasteiger partial charge in [-0.15, -0.1) is 0 Å². The first-order valence-corrected chi connectivity index (χ1v) is 11.1. The Kier molecular flexibility index (Phi) is 6.52. The summed E-state index contributed by atoms with van der Waals surface area (Å²) in [6.45, 7) is 8.05. The number of nitrogens with zero attached hydrogens (tertiary/aromatic N) is 2. The molecule has 1 aliphatic rings. The van der Waals surface area contributed by atoms with Gasteiger partial charge in [0.2, 0.25) is 0 Å². The van der Waals surface area contributed by atoms with Gasteiger partial charge >= 0.3 is 0 Å². The number of aromatic nitrogens is 1. The van der Waals surface area contributed by atoms with E-state index < -0.39 is 0 Å². The van der Waals surface area contributed by atoms with Crippen molar-refractivity contribution in [3.05, 3.63) is 60.2 Å². The maximum atomic E-state index is 13.5. The molecule has 4 rings (SSSR count). The van der Waals surface area contributed by atoms with Gasteiger partial charge in [-0.2, -0.15) is 0 Å². The van der Waals surface area contributed by atoms with Crippen LogP contribution < -0.4 is 4.74 Å². The number of rotatable bonds is 6. The Morgan fingerprint density at radius 2 is 1.87 bits per heavy atom. The summed E-state index contributed by atoms with van der Waals surface area (Å²) in [6.07, 6.45) is 2.17. The lowest BCUT2D eigenvalue weighted by molar-refractivity contribution is -0.0585. The molecule has 0 radical (unpaired) electrons. The number of para-hydroxylation sites is 1. The van der Waals surface area contributed by atoms with Gasteiger partial charge in [0.15, 0.2) is 0 Å². The fourth-order valence-electron chi connectivity index (χ4n) is 4.09. The molecule has 1 saturated heterocycles. The number of carbonyl (C=O) groups is 1. The summed E-state index contributed by atoms with van der Waals surface area (Å²) in [5.41, 5.74) is 3.21. The van der Waals surface area contributed by atoms with Gasteiger partial charge < -0.3 is 14.4 Å². The van der Waals surface area contributed by atoms with Gasteiger partial charge in [0, 0.05) is 24.0 Å². The van der Waals surface area contributed by atoms with Gasteiger partial charge in [0.1, 0.15) is 5.75 Å². The Morgan fingerprint density at radius 1 is 1.10 bits per heavy atom. The van der Waals surface area contributed by atoms with Crippen LogP contribution in [0.2, 0.25) is 0 Å². The maximum absolute atomic E-state index is 13.5. The molecular formula is C26H30N2O3. The summed E-state index contributed by atoms with van der Waals surface area (Å²) in [4.78, 5) is 20.3. The quantitative estimate of drug-likeness (QED) is 0.508. The zero-order valence-corrected chi connectivity index (χ0v) is 18.5. The lowest BCUT2D eigenvalue weighted by Gasteiger charge is -2.35. The topological polar surface area (TPSA) is 51.7 Å². The van der Waals surface area contributed by atoms with Crippen LogP contribution in [0.15, 0.2) is 54.6 Å². The zero-order chi connectivity index (χ0) is 21.8. The molecule has 0 N–H and O–H groups in total. The van der Waals surface area contributed by atoms with Crippen LogP contribution >= 0.6 is 0 Å².